The van der Waals surface area contributed by atoms with E-state index in [0.717, 1.165) is 0 Å². The highest BCUT2D eigenvalue weighted by atomic mass is 32.1. The molecule has 0 atom stereocenters. The fourth-order valence-electron chi connectivity index (χ4n) is 1.08. The van der Waals surface area contributed by atoms with Crippen LogP contribution < -0.4 is 11.1 Å². The molecule has 1 fully saturated rings. The summed E-state index contributed by atoms with van der Waals surface area (Å²) in [4.78, 5) is 26.5. The zero-order chi connectivity index (χ0) is 11.1. The smallest absolute Gasteiger partial charge is 0.246 e. The number of hydrogen-bond donors (Lipinski definition) is 2. The second-order valence-corrected chi connectivity index (χ2v) is 4.56. The van der Waals surface area contributed by atoms with Gasteiger partial charge in [0.2, 0.25) is 5.91 Å². The molecular formula is C9H11N3O2S. The maximum absolute atomic E-state index is 11.5. The van der Waals surface area contributed by atoms with E-state index < -0.39 is 5.54 Å². The summed E-state index contributed by atoms with van der Waals surface area (Å²) in [5.74, 6) is -0.326. The minimum Gasteiger partial charge on any atom is -0.317 e. The maximum Gasteiger partial charge on any atom is 0.246 e. The van der Waals surface area contributed by atoms with Crippen LogP contribution in [0, 0.1) is 0 Å². The van der Waals surface area contributed by atoms with Gasteiger partial charge in [0.25, 0.3) is 0 Å². The monoisotopic (exact) mass is 225 g/mol. The molecule has 80 valence electrons. The highest BCUT2D eigenvalue weighted by Gasteiger charge is 2.46. The largest absolute Gasteiger partial charge is 0.317 e. The molecule has 1 aromatic heterocycles. The molecule has 3 N–H and O–H groups in total. The Hall–Kier alpha value is -1.27. The Morgan fingerprint density at radius 1 is 1.60 bits per heavy atom. The van der Waals surface area contributed by atoms with E-state index in [-0.39, 0.29) is 11.7 Å². The first-order valence-corrected chi connectivity index (χ1v) is 5.46. The Kier molecular flexibility index (Phi) is 2.32. The average molecular weight is 225 g/mol. The van der Waals surface area contributed by atoms with Gasteiger partial charge in [0.15, 0.2) is 10.9 Å². The van der Waals surface area contributed by atoms with Gasteiger partial charge in [-0.05, 0) is 12.8 Å². The van der Waals surface area contributed by atoms with Gasteiger partial charge in [-0.2, -0.15) is 0 Å². The van der Waals surface area contributed by atoms with Crippen molar-refractivity contribution in [3.63, 3.8) is 0 Å². The van der Waals surface area contributed by atoms with Gasteiger partial charge >= 0.3 is 0 Å². The zero-order valence-electron chi connectivity index (χ0n) is 8.24. The van der Waals surface area contributed by atoms with Crippen LogP contribution in [-0.4, -0.2) is 22.2 Å². The molecule has 0 spiro atoms. The van der Waals surface area contributed by atoms with Gasteiger partial charge in [-0.25, -0.2) is 4.98 Å². The van der Waals surface area contributed by atoms with Gasteiger partial charge in [0.1, 0.15) is 5.69 Å². The molecule has 5 nitrogen and oxygen atoms in total. The van der Waals surface area contributed by atoms with Crippen molar-refractivity contribution < 1.29 is 9.59 Å². The molecule has 6 heteroatoms. The molecule has 0 aliphatic heterocycles. The Morgan fingerprint density at radius 2 is 2.27 bits per heavy atom. The number of nitrogens with one attached hydrogen (secondary N) is 1. The number of amides is 1. The quantitative estimate of drug-likeness (QED) is 0.744. The predicted molar refractivity (Wildman–Crippen MR) is 56.9 cm³/mol. The van der Waals surface area contributed by atoms with Crippen LogP contribution in [0.4, 0.5) is 5.13 Å². The first kappa shape index (κ1) is 10.3. The van der Waals surface area contributed by atoms with Gasteiger partial charge in [-0.1, -0.05) is 0 Å². The summed E-state index contributed by atoms with van der Waals surface area (Å²) in [5.41, 5.74) is 5.37. The normalized spacial score (nSPS) is 17.2. The lowest BCUT2D eigenvalue weighted by Gasteiger charge is -2.06. The third kappa shape index (κ3) is 2.05. The lowest BCUT2D eigenvalue weighted by atomic mass is 10.3. The minimum atomic E-state index is -0.706. The van der Waals surface area contributed by atoms with Gasteiger partial charge < -0.3 is 11.1 Å². The number of Topliss-reactive ketones (excluding diaryl/α,β-unsaturated/α-hetero) is 1. The van der Waals surface area contributed by atoms with E-state index in [1.165, 1.54) is 18.3 Å². The first-order chi connectivity index (χ1) is 7.01. The van der Waals surface area contributed by atoms with Crippen LogP contribution in [-0.2, 0) is 4.79 Å². The third-order valence-electron chi connectivity index (χ3n) is 2.33. The first-order valence-electron chi connectivity index (χ1n) is 4.58. The zero-order valence-corrected chi connectivity index (χ0v) is 9.06. The van der Waals surface area contributed by atoms with E-state index in [9.17, 15) is 9.59 Å². The number of nitrogens with two attached hydrogens (primary N) is 1. The van der Waals surface area contributed by atoms with Crippen LogP contribution in [0.25, 0.3) is 0 Å². The molecule has 1 aliphatic rings. The van der Waals surface area contributed by atoms with Crippen molar-refractivity contribution in [2.75, 3.05) is 5.32 Å². The molecule has 0 saturated heterocycles. The summed E-state index contributed by atoms with van der Waals surface area (Å²) in [6.07, 6.45) is 1.42. The van der Waals surface area contributed by atoms with Crippen LogP contribution in [0.15, 0.2) is 5.38 Å². The van der Waals surface area contributed by atoms with E-state index in [1.54, 1.807) is 5.38 Å². The summed E-state index contributed by atoms with van der Waals surface area (Å²) in [6.45, 7) is 1.44. The van der Waals surface area contributed by atoms with Gasteiger partial charge in [0.05, 0.1) is 5.54 Å². The van der Waals surface area contributed by atoms with Crippen LogP contribution in [0.2, 0.25) is 0 Å². The molecular weight excluding hydrogens is 214 g/mol. The number of nitrogens with zero attached hydrogens (tertiary/aromatic N) is 1. The summed E-state index contributed by atoms with van der Waals surface area (Å²) in [6, 6.07) is 0. The lowest BCUT2D eigenvalue weighted by molar-refractivity contribution is -0.118. The number of carbonyl (C=O) groups excluding carboxylic acids is 2. The second kappa shape index (κ2) is 3.39. The number of hydrogen-bond acceptors (Lipinski definition) is 5. The highest BCUT2D eigenvalue weighted by molar-refractivity contribution is 7.14. The summed E-state index contributed by atoms with van der Waals surface area (Å²) >= 11 is 1.23. The molecule has 0 aromatic carbocycles. The Bertz CT molecular complexity index is 423. The molecule has 0 radical (unpaired) electrons. The number of carbonyl (C=O) groups is 2. The fourth-order valence-corrected chi connectivity index (χ4v) is 1.82. The van der Waals surface area contributed by atoms with E-state index in [1.807, 2.05) is 0 Å². The van der Waals surface area contributed by atoms with Crippen molar-refractivity contribution >= 4 is 28.2 Å². The van der Waals surface area contributed by atoms with Crippen LogP contribution in [0.5, 0.6) is 0 Å². The highest BCUT2D eigenvalue weighted by Crippen LogP contribution is 2.33. The Labute approximate surface area is 90.7 Å². The number of aromatic nitrogens is 1. The van der Waals surface area contributed by atoms with Crippen molar-refractivity contribution in [2.24, 2.45) is 5.73 Å². The average Bonchev–Trinajstić information content (AvgIpc) is 2.76. The van der Waals surface area contributed by atoms with Crippen LogP contribution >= 0.6 is 11.3 Å². The summed E-state index contributed by atoms with van der Waals surface area (Å²) in [5, 5.41) is 4.66. The molecule has 1 amide bonds. The van der Waals surface area contributed by atoms with Crippen molar-refractivity contribution in [1.29, 1.82) is 0 Å². The lowest BCUT2D eigenvalue weighted by Crippen LogP contribution is -2.37. The Balaban J connectivity index is 2.05. The molecule has 0 unspecified atom stereocenters. The maximum atomic E-state index is 11.5. The van der Waals surface area contributed by atoms with E-state index >= 15 is 0 Å². The number of ketones is 1. The number of thiazole rings is 1. The van der Waals surface area contributed by atoms with Crippen LogP contribution in [0.3, 0.4) is 0 Å². The molecule has 15 heavy (non-hydrogen) atoms. The molecule has 1 aliphatic carbocycles. The predicted octanol–water partition coefficient (Wildman–Crippen LogP) is 0.776. The fraction of sp³-hybridized carbons (Fsp3) is 0.444. The third-order valence-corrected chi connectivity index (χ3v) is 3.08. The van der Waals surface area contributed by atoms with Crippen molar-refractivity contribution in [3.05, 3.63) is 11.1 Å². The van der Waals surface area contributed by atoms with E-state index in [0.29, 0.717) is 23.7 Å². The summed E-state index contributed by atoms with van der Waals surface area (Å²) in [7, 11) is 0. The summed E-state index contributed by atoms with van der Waals surface area (Å²) < 4.78 is 0. The topological polar surface area (TPSA) is 85.1 Å². The SMILES string of the molecule is CC(=O)c1csc(NC(=O)C2(N)CC2)n1. The van der Waals surface area contributed by atoms with Crippen molar-refractivity contribution in [2.45, 2.75) is 25.3 Å². The molecule has 1 heterocycles. The van der Waals surface area contributed by atoms with Gasteiger partial charge in [-0.15, -0.1) is 11.3 Å². The molecule has 2 rings (SSSR count). The van der Waals surface area contributed by atoms with Gasteiger partial charge in [-0.3, -0.25) is 9.59 Å². The van der Waals surface area contributed by atoms with E-state index in [2.05, 4.69) is 10.3 Å². The second-order valence-electron chi connectivity index (χ2n) is 3.70. The molecule has 1 aromatic rings. The standard InChI is InChI=1S/C9H11N3O2S/c1-5(13)6-4-15-8(11-6)12-7(14)9(10)2-3-9/h4H,2-3,10H2,1H3,(H,11,12,14). The molecule has 1 saturated carbocycles. The van der Waals surface area contributed by atoms with Crippen molar-refractivity contribution in [3.8, 4) is 0 Å². The van der Waals surface area contributed by atoms with Crippen molar-refractivity contribution in [1.82, 2.24) is 4.98 Å². The number of anilines is 1. The Morgan fingerprint density at radius 3 is 2.73 bits per heavy atom. The number of rotatable bonds is 3. The van der Waals surface area contributed by atoms with E-state index in [4.69, 9.17) is 5.73 Å². The van der Waals surface area contributed by atoms with Gasteiger partial charge in [0, 0.05) is 12.3 Å². The minimum absolute atomic E-state index is 0.111. The molecule has 0 bridgehead atoms. The van der Waals surface area contributed by atoms with Crippen LogP contribution in [0.1, 0.15) is 30.3 Å².